The topological polar surface area (TPSA) is 185 Å². The molecule has 0 saturated carbocycles. The zero-order valence-corrected chi connectivity index (χ0v) is 11.7. The quantitative estimate of drug-likeness (QED) is 0.198. The van der Waals surface area contributed by atoms with Crippen LogP contribution in [0.4, 0.5) is 0 Å². The van der Waals surface area contributed by atoms with Crippen LogP contribution in [0.3, 0.4) is 0 Å². The van der Waals surface area contributed by atoms with Crippen LogP contribution >= 0.6 is 7.82 Å². The lowest BCUT2D eigenvalue weighted by molar-refractivity contribution is -0.142. The van der Waals surface area contributed by atoms with E-state index in [1.807, 2.05) is 0 Å². The van der Waals surface area contributed by atoms with E-state index in [9.17, 15) is 14.2 Å². The van der Waals surface area contributed by atoms with E-state index in [1.54, 1.807) is 0 Å². The number of hydrogen-bond acceptors (Lipinski definition) is 6. The molecule has 0 aliphatic carbocycles. The average molecular weight is 313 g/mol. The monoisotopic (exact) mass is 313 g/mol. The number of carbonyl (C=O) groups is 2. The Morgan fingerprint density at radius 2 is 1.90 bits per heavy atom. The van der Waals surface area contributed by atoms with Gasteiger partial charge in [0.1, 0.15) is 12.1 Å². The fourth-order valence-corrected chi connectivity index (χ4v) is 1.64. The molecule has 1 amide bonds. The van der Waals surface area contributed by atoms with Crippen LogP contribution in [0, 0.1) is 0 Å². The van der Waals surface area contributed by atoms with Crippen molar-refractivity contribution in [1.29, 1.82) is 0 Å². The predicted octanol–water partition coefficient (Wildman–Crippen LogP) is -1.88. The molecule has 0 radical (unpaired) electrons. The lowest BCUT2D eigenvalue weighted by Gasteiger charge is -2.17. The van der Waals surface area contributed by atoms with E-state index < -0.39 is 38.4 Å². The Morgan fingerprint density at radius 3 is 2.35 bits per heavy atom. The number of unbranched alkanes of at least 4 members (excludes halogenated alkanes) is 1. The number of rotatable bonds is 10. The number of carboxylic acid groups (broad SMARTS) is 1. The van der Waals surface area contributed by atoms with Crippen LogP contribution in [0.1, 0.15) is 19.3 Å². The summed E-state index contributed by atoms with van der Waals surface area (Å²) in [6.45, 7) is -0.304. The Morgan fingerprint density at radius 1 is 1.30 bits per heavy atom. The number of nitrogens with two attached hydrogens (primary N) is 2. The first-order valence-electron chi connectivity index (χ1n) is 5.86. The maximum Gasteiger partial charge on any atom is 0.469 e. The highest BCUT2D eigenvalue weighted by Gasteiger charge is 2.25. The number of phosphoric acid groups is 1. The summed E-state index contributed by atoms with van der Waals surface area (Å²) in [5.74, 6) is -2.09. The first kappa shape index (κ1) is 19.0. The lowest BCUT2D eigenvalue weighted by Crippen LogP contribution is -2.50. The average Bonchev–Trinajstić information content (AvgIpc) is 2.33. The van der Waals surface area contributed by atoms with Crippen molar-refractivity contribution in [3.8, 4) is 0 Å². The molecule has 0 saturated heterocycles. The van der Waals surface area contributed by atoms with Crippen LogP contribution in [-0.2, 0) is 18.7 Å². The van der Waals surface area contributed by atoms with E-state index in [2.05, 4.69) is 9.84 Å². The lowest BCUT2D eigenvalue weighted by atomic mass is 10.1. The second-order valence-corrected chi connectivity index (χ2v) is 5.32. The van der Waals surface area contributed by atoms with E-state index in [0.717, 1.165) is 0 Å². The highest BCUT2D eigenvalue weighted by molar-refractivity contribution is 7.46. The normalized spacial score (nSPS) is 14.6. The molecule has 0 bridgehead atoms. The summed E-state index contributed by atoms with van der Waals surface area (Å²) in [6, 6.07) is -2.51. The molecule has 0 heterocycles. The van der Waals surface area contributed by atoms with Gasteiger partial charge in [-0.15, -0.1) is 0 Å². The highest BCUT2D eigenvalue weighted by atomic mass is 31.2. The van der Waals surface area contributed by atoms with Gasteiger partial charge in [0.05, 0.1) is 6.61 Å². The molecule has 0 aliphatic heterocycles. The van der Waals surface area contributed by atoms with E-state index in [1.165, 1.54) is 0 Å². The van der Waals surface area contributed by atoms with Gasteiger partial charge in [-0.1, -0.05) is 0 Å². The molecule has 118 valence electrons. The van der Waals surface area contributed by atoms with E-state index in [4.69, 9.17) is 26.4 Å². The zero-order valence-electron chi connectivity index (χ0n) is 10.8. The van der Waals surface area contributed by atoms with Gasteiger partial charge in [0.2, 0.25) is 5.91 Å². The van der Waals surface area contributed by atoms with Crippen molar-refractivity contribution in [3.05, 3.63) is 0 Å². The summed E-state index contributed by atoms with van der Waals surface area (Å²) in [5.41, 5.74) is 10.6. The summed E-state index contributed by atoms with van der Waals surface area (Å²) in [5, 5.41) is 11.1. The second kappa shape index (κ2) is 9.01. The Bertz CT molecular complexity index is 373. The molecular formula is C9H20N3O7P. The summed E-state index contributed by atoms with van der Waals surface area (Å²) in [6.07, 6.45) is 1.32. The number of phosphoric ester groups is 1. The van der Waals surface area contributed by atoms with Gasteiger partial charge in [-0.2, -0.15) is 0 Å². The van der Waals surface area contributed by atoms with Gasteiger partial charge < -0.3 is 31.7 Å². The molecule has 0 spiro atoms. The molecule has 0 unspecified atom stereocenters. The van der Waals surface area contributed by atoms with Gasteiger partial charge in [-0.3, -0.25) is 9.32 Å². The van der Waals surface area contributed by atoms with Gasteiger partial charge in [-0.25, -0.2) is 9.36 Å². The van der Waals surface area contributed by atoms with Crippen molar-refractivity contribution in [1.82, 2.24) is 5.32 Å². The third-order valence-electron chi connectivity index (χ3n) is 2.32. The van der Waals surface area contributed by atoms with Crippen molar-refractivity contribution >= 4 is 19.7 Å². The number of hydrogen-bond donors (Lipinski definition) is 6. The molecule has 20 heavy (non-hydrogen) atoms. The molecule has 10 nitrogen and oxygen atoms in total. The van der Waals surface area contributed by atoms with E-state index in [-0.39, 0.29) is 6.42 Å². The van der Waals surface area contributed by atoms with Gasteiger partial charge in [-0.05, 0) is 25.8 Å². The molecule has 0 aromatic heterocycles. The molecule has 0 rings (SSSR count). The molecule has 2 atom stereocenters. The number of carbonyl (C=O) groups excluding carboxylic acids is 1. The minimum Gasteiger partial charge on any atom is -0.480 e. The maximum atomic E-state index is 11.6. The van der Waals surface area contributed by atoms with Crippen LogP contribution < -0.4 is 16.8 Å². The third kappa shape index (κ3) is 8.97. The van der Waals surface area contributed by atoms with E-state index in [0.29, 0.717) is 19.4 Å². The Labute approximate surface area is 115 Å². The summed E-state index contributed by atoms with van der Waals surface area (Å²) in [4.78, 5) is 39.4. The summed E-state index contributed by atoms with van der Waals surface area (Å²) < 4.78 is 14.5. The molecule has 0 aromatic rings. The molecule has 0 aliphatic rings. The number of carboxylic acids is 1. The second-order valence-electron chi connectivity index (χ2n) is 4.08. The largest absolute Gasteiger partial charge is 0.480 e. The fourth-order valence-electron chi connectivity index (χ4n) is 1.28. The first-order chi connectivity index (χ1) is 9.17. The molecular weight excluding hydrogens is 293 g/mol. The highest BCUT2D eigenvalue weighted by Crippen LogP contribution is 2.35. The standard InChI is InChI=1S/C9H20N3O7P/c10-4-2-1-3-7(9(14)15)12-8(13)6(11)5-19-20(16,17)18/h6-7H,1-5,10-11H2,(H,12,13)(H,14,15)(H2,16,17,18)/t6-,7-/m0/s1. The number of aliphatic carboxylic acids is 1. The van der Waals surface area contributed by atoms with Crippen LogP contribution in [0.2, 0.25) is 0 Å². The Kier molecular flexibility index (Phi) is 8.54. The minimum atomic E-state index is -4.72. The van der Waals surface area contributed by atoms with Gasteiger partial charge in [0, 0.05) is 0 Å². The summed E-state index contributed by atoms with van der Waals surface area (Å²) >= 11 is 0. The molecule has 0 fully saturated rings. The van der Waals surface area contributed by atoms with E-state index >= 15 is 0 Å². The van der Waals surface area contributed by atoms with Crippen LogP contribution in [0.5, 0.6) is 0 Å². The first-order valence-corrected chi connectivity index (χ1v) is 7.39. The van der Waals surface area contributed by atoms with Crippen molar-refractivity contribution in [3.63, 3.8) is 0 Å². The van der Waals surface area contributed by atoms with Gasteiger partial charge in [0.15, 0.2) is 0 Å². The van der Waals surface area contributed by atoms with Crippen molar-refractivity contribution in [2.75, 3.05) is 13.2 Å². The molecule has 8 N–H and O–H groups in total. The maximum absolute atomic E-state index is 11.6. The third-order valence-corrected chi connectivity index (χ3v) is 2.81. The number of nitrogens with one attached hydrogen (secondary N) is 1. The molecule has 11 heteroatoms. The van der Waals surface area contributed by atoms with Crippen LogP contribution in [0.25, 0.3) is 0 Å². The van der Waals surface area contributed by atoms with Crippen molar-refractivity contribution in [2.24, 2.45) is 11.5 Å². The smallest absolute Gasteiger partial charge is 0.469 e. The number of amides is 1. The summed E-state index contributed by atoms with van der Waals surface area (Å²) in [7, 11) is -4.72. The van der Waals surface area contributed by atoms with Gasteiger partial charge in [0.25, 0.3) is 0 Å². The fraction of sp³-hybridized carbons (Fsp3) is 0.778. The predicted molar refractivity (Wildman–Crippen MR) is 68.4 cm³/mol. The van der Waals surface area contributed by atoms with Crippen molar-refractivity contribution < 1.29 is 33.6 Å². The van der Waals surface area contributed by atoms with Crippen LogP contribution in [-0.4, -0.2) is 52.0 Å². The van der Waals surface area contributed by atoms with Gasteiger partial charge >= 0.3 is 13.8 Å². The zero-order chi connectivity index (χ0) is 15.8. The minimum absolute atomic E-state index is 0.185. The Hall–Kier alpha value is -1.03. The Balaban J connectivity index is 4.30. The SMILES string of the molecule is NCCCC[C@H](NC(=O)[C@@H](N)COP(=O)(O)O)C(=O)O. The van der Waals surface area contributed by atoms with Crippen molar-refractivity contribution in [2.45, 2.75) is 31.3 Å². The molecule has 0 aromatic carbocycles. The van der Waals surface area contributed by atoms with Crippen LogP contribution in [0.15, 0.2) is 0 Å².